The second-order valence-electron chi connectivity index (χ2n) is 2.09. The van der Waals surface area contributed by atoms with Crippen LogP contribution in [-0.2, 0) is 10.3 Å². The van der Waals surface area contributed by atoms with Crippen LogP contribution in [0.4, 0.5) is 0 Å². The summed E-state index contributed by atoms with van der Waals surface area (Å²) >= 11 is 0. The number of nitrogens with zero attached hydrogens (tertiary/aromatic N) is 1. The first kappa shape index (κ1) is 8.87. The van der Waals surface area contributed by atoms with E-state index in [4.69, 9.17) is 4.55 Å². The molecule has 56 valence electrons. The average Bonchev–Trinajstić information content (AvgIpc) is 1.62. The molecule has 0 aromatic carbocycles. The summed E-state index contributed by atoms with van der Waals surface area (Å²) < 4.78 is 29.7. The van der Waals surface area contributed by atoms with Crippen molar-refractivity contribution in [2.45, 2.75) is 19.9 Å². The normalized spacial score (nSPS) is 13.1. The van der Waals surface area contributed by atoms with Crippen molar-refractivity contribution in [1.82, 2.24) is 4.31 Å². The Kier molecular flexibility index (Phi) is 2.60. The predicted molar refractivity (Wildman–Crippen MR) is 34.4 cm³/mol. The summed E-state index contributed by atoms with van der Waals surface area (Å²) in [5, 5.41) is 0. The van der Waals surface area contributed by atoms with Gasteiger partial charge in [0.1, 0.15) is 0 Å². The highest BCUT2D eigenvalue weighted by molar-refractivity contribution is 7.83. The van der Waals surface area contributed by atoms with Crippen molar-refractivity contribution >= 4 is 10.3 Å². The molecule has 0 saturated carbocycles. The Morgan fingerprint density at radius 2 is 1.78 bits per heavy atom. The van der Waals surface area contributed by atoms with Gasteiger partial charge in [0.15, 0.2) is 0 Å². The topological polar surface area (TPSA) is 57.6 Å². The molecule has 0 atom stereocenters. The van der Waals surface area contributed by atoms with Crippen LogP contribution in [0.5, 0.6) is 0 Å². The molecule has 0 heterocycles. The zero-order chi connectivity index (χ0) is 7.65. The van der Waals surface area contributed by atoms with Gasteiger partial charge in [0.25, 0.3) is 0 Å². The second-order valence-corrected chi connectivity index (χ2v) is 3.56. The average molecular weight is 153 g/mol. The van der Waals surface area contributed by atoms with Crippen molar-refractivity contribution in [3.63, 3.8) is 0 Å². The van der Waals surface area contributed by atoms with E-state index in [1.54, 1.807) is 13.8 Å². The smallest absolute Gasteiger partial charge is 0.273 e. The van der Waals surface area contributed by atoms with Crippen LogP contribution in [0.3, 0.4) is 0 Å². The first-order valence-electron chi connectivity index (χ1n) is 2.56. The van der Waals surface area contributed by atoms with Gasteiger partial charge in [-0.25, -0.2) is 0 Å². The van der Waals surface area contributed by atoms with Crippen LogP contribution in [-0.4, -0.2) is 30.4 Å². The summed E-state index contributed by atoms with van der Waals surface area (Å²) in [4.78, 5) is 0. The predicted octanol–water partition coefficient (Wildman–Crippen LogP) is 0.129. The fourth-order valence-electron chi connectivity index (χ4n) is 0.266. The van der Waals surface area contributed by atoms with Gasteiger partial charge in [-0.2, -0.15) is 12.7 Å². The van der Waals surface area contributed by atoms with Gasteiger partial charge >= 0.3 is 10.3 Å². The highest BCUT2D eigenvalue weighted by atomic mass is 32.2. The fourth-order valence-corrected chi connectivity index (χ4v) is 0.799. The molecule has 0 aromatic heterocycles. The van der Waals surface area contributed by atoms with Crippen LogP contribution >= 0.6 is 0 Å². The van der Waals surface area contributed by atoms with Crippen molar-refractivity contribution in [2.24, 2.45) is 0 Å². The molecule has 0 bridgehead atoms. The molecule has 0 amide bonds. The highest BCUT2D eigenvalue weighted by Gasteiger charge is 2.15. The van der Waals surface area contributed by atoms with Gasteiger partial charge < -0.3 is 0 Å². The molecule has 0 spiro atoms. The summed E-state index contributed by atoms with van der Waals surface area (Å²) in [5.41, 5.74) is 0. The Labute approximate surface area is 55.4 Å². The Morgan fingerprint density at radius 3 is 1.78 bits per heavy atom. The summed E-state index contributed by atoms with van der Waals surface area (Å²) in [6, 6.07) is -0.194. The molecule has 0 saturated heterocycles. The quantitative estimate of drug-likeness (QED) is 0.574. The molecule has 0 aliphatic heterocycles. The van der Waals surface area contributed by atoms with E-state index < -0.39 is 10.3 Å². The minimum Gasteiger partial charge on any atom is -0.273 e. The van der Waals surface area contributed by atoms with Crippen molar-refractivity contribution in [1.29, 1.82) is 0 Å². The molecule has 0 rings (SSSR count). The number of hydrogen-bond donors (Lipinski definition) is 1. The Bertz CT molecular complexity index is 172. The molecule has 0 aromatic rings. The Hall–Kier alpha value is -0.130. The van der Waals surface area contributed by atoms with Crippen LogP contribution in [0.2, 0.25) is 0 Å². The van der Waals surface area contributed by atoms with Crippen molar-refractivity contribution < 1.29 is 13.0 Å². The monoisotopic (exact) mass is 153 g/mol. The lowest BCUT2D eigenvalue weighted by atomic mass is 10.4. The van der Waals surface area contributed by atoms with E-state index in [1.165, 1.54) is 7.05 Å². The molecular weight excluding hydrogens is 142 g/mol. The first-order valence-corrected chi connectivity index (χ1v) is 3.96. The van der Waals surface area contributed by atoms with Crippen molar-refractivity contribution in [3.05, 3.63) is 0 Å². The van der Waals surface area contributed by atoms with E-state index in [2.05, 4.69) is 0 Å². The lowest BCUT2D eigenvalue weighted by molar-refractivity contribution is 0.350. The molecule has 0 aliphatic carbocycles. The summed E-state index contributed by atoms with van der Waals surface area (Å²) in [6.45, 7) is 3.35. The SMILES string of the molecule is CC(C)N(C)S(=O)(=O)O. The summed E-state index contributed by atoms with van der Waals surface area (Å²) in [6.07, 6.45) is 0. The summed E-state index contributed by atoms with van der Waals surface area (Å²) in [7, 11) is -2.65. The number of hydrogen-bond acceptors (Lipinski definition) is 2. The van der Waals surface area contributed by atoms with E-state index >= 15 is 0 Å². The van der Waals surface area contributed by atoms with E-state index in [0.29, 0.717) is 0 Å². The third-order valence-corrected chi connectivity index (χ3v) is 2.24. The van der Waals surface area contributed by atoms with Crippen LogP contribution in [0, 0.1) is 0 Å². The van der Waals surface area contributed by atoms with Gasteiger partial charge in [0.05, 0.1) is 0 Å². The molecule has 0 fully saturated rings. The lowest BCUT2D eigenvalue weighted by Gasteiger charge is -2.15. The zero-order valence-electron chi connectivity index (χ0n) is 5.70. The van der Waals surface area contributed by atoms with Crippen LogP contribution < -0.4 is 0 Å². The number of rotatable bonds is 2. The molecule has 4 nitrogen and oxygen atoms in total. The summed E-state index contributed by atoms with van der Waals surface area (Å²) in [5.74, 6) is 0. The van der Waals surface area contributed by atoms with Crippen LogP contribution in [0.25, 0.3) is 0 Å². The van der Waals surface area contributed by atoms with E-state index in [1.807, 2.05) is 0 Å². The van der Waals surface area contributed by atoms with E-state index in [0.717, 1.165) is 4.31 Å². The molecule has 0 unspecified atom stereocenters. The van der Waals surface area contributed by atoms with Crippen LogP contribution in [0.1, 0.15) is 13.8 Å². The molecule has 9 heavy (non-hydrogen) atoms. The standard InChI is InChI=1S/C4H11NO3S/c1-4(2)5(3)9(6,7)8/h4H,1-3H3,(H,6,7,8). The fraction of sp³-hybridized carbons (Fsp3) is 1.00. The molecular formula is C4H11NO3S. The van der Waals surface area contributed by atoms with Gasteiger partial charge in [0.2, 0.25) is 0 Å². The maximum Gasteiger partial charge on any atom is 0.335 e. The maximum absolute atomic E-state index is 10.3. The molecule has 5 heteroatoms. The third-order valence-electron chi connectivity index (χ3n) is 1.09. The largest absolute Gasteiger partial charge is 0.335 e. The molecule has 1 N–H and O–H groups in total. The van der Waals surface area contributed by atoms with Gasteiger partial charge in [-0.3, -0.25) is 4.55 Å². The van der Waals surface area contributed by atoms with Gasteiger partial charge in [-0.05, 0) is 13.8 Å². The maximum atomic E-state index is 10.3. The van der Waals surface area contributed by atoms with Crippen molar-refractivity contribution in [2.75, 3.05) is 7.05 Å². The first-order chi connectivity index (χ1) is 3.85. The lowest BCUT2D eigenvalue weighted by Crippen LogP contribution is -2.32. The zero-order valence-corrected chi connectivity index (χ0v) is 6.51. The third kappa shape index (κ3) is 2.78. The Morgan fingerprint density at radius 1 is 1.44 bits per heavy atom. The van der Waals surface area contributed by atoms with E-state index in [-0.39, 0.29) is 6.04 Å². The van der Waals surface area contributed by atoms with Crippen LogP contribution in [0.15, 0.2) is 0 Å². The van der Waals surface area contributed by atoms with Gasteiger partial charge in [-0.1, -0.05) is 0 Å². The minimum absolute atomic E-state index is 0.194. The highest BCUT2D eigenvalue weighted by Crippen LogP contribution is 1.98. The van der Waals surface area contributed by atoms with E-state index in [9.17, 15) is 8.42 Å². The van der Waals surface area contributed by atoms with Gasteiger partial charge in [-0.15, -0.1) is 0 Å². The Balaban J connectivity index is 4.24. The molecule has 0 radical (unpaired) electrons. The molecule has 0 aliphatic rings. The second kappa shape index (κ2) is 2.64. The van der Waals surface area contributed by atoms with Gasteiger partial charge in [0, 0.05) is 13.1 Å². The minimum atomic E-state index is -3.97. The van der Waals surface area contributed by atoms with Crippen molar-refractivity contribution in [3.8, 4) is 0 Å².